The van der Waals surface area contributed by atoms with Gasteiger partial charge in [-0.3, -0.25) is 9.59 Å². The molecule has 0 aromatic heterocycles. The van der Waals surface area contributed by atoms with Gasteiger partial charge in [-0.1, -0.05) is 61.2 Å². The van der Waals surface area contributed by atoms with Crippen LogP contribution in [0.1, 0.15) is 57.4 Å². The minimum atomic E-state index is -0.557. The highest BCUT2D eigenvalue weighted by atomic mass is 35.5. The molecule has 0 unspecified atom stereocenters. The lowest BCUT2D eigenvalue weighted by Gasteiger charge is -2.31. The molecule has 2 amide bonds. The summed E-state index contributed by atoms with van der Waals surface area (Å²) in [4.78, 5) is 27.8. The van der Waals surface area contributed by atoms with Gasteiger partial charge in [0.1, 0.15) is 11.8 Å². The molecule has 5 nitrogen and oxygen atoms in total. The van der Waals surface area contributed by atoms with Crippen LogP contribution >= 0.6 is 11.6 Å². The van der Waals surface area contributed by atoms with Gasteiger partial charge in [-0.2, -0.15) is 0 Å². The molecule has 6 heteroatoms. The van der Waals surface area contributed by atoms with Crippen molar-refractivity contribution in [2.75, 3.05) is 6.61 Å². The van der Waals surface area contributed by atoms with Crippen molar-refractivity contribution in [2.45, 2.75) is 70.5 Å². The SMILES string of the molecule is C[C@H](C(=O)NC1CCCCC1)N(Cc1cccc(Cl)c1)C(=O)CCCOc1ccccc1. The quantitative estimate of drug-likeness (QED) is 0.489. The predicted octanol–water partition coefficient (Wildman–Crippen LogP) is 5.37. The second-order valence-corrected chi connectivity index (χ2v) is 8.87. The van der Waals surface area contributed by atoms with Crippen LogP contribution in [0.25, 0.3) is 0 Å². The van der Waals surface area contributed by atoms with E-state index in [-0.39, 0.29) is 17.9 Å². The number of benzene rings is 2. The monoisotopic (exact) mass is 456 g/mol. The summed E-state index contributed by atoms with van der Waals surface area (Å²) in [5, 5.41) is 3.77. The summed E-state index contributed by atoms with van der Waals surface area (Å²) in [6.45, 7) is 2.60. The molecule has 1 fully saturated rings. The van der Waals surface area contributed by atoms with E-state index in [9.17, 15) is 9.59 Å². The van der Waals surface area contributed by atoms with Crippen LogP contribution in [0.3, 0.4) is 0 Å². The van der Waals surface area contributed by atoms with Gasteiger partial charge >= 0.3 is 0 Å². The topological polar surface area (TPSA) is 58.6 Å². The van der Waals surface area contributed by atoms with Gasteiger partial charge in [0.25, 0.3) is 0 Å². The van der Waals surface area contributed by atoms with Crippen molar-refractivity contribution in [1.29, 1.82) is 0 Å². The standard InChI is InChI=1S/C26H33ClN2O3/c1-20(26(31)28-23-12-4-2-5-13-23)29(19-21-10-8-11-22(27)18-21)25(30)16-9-17-32-24-14-6-3-7-15-24/h3,6-8,10-11,14-15,18,20,23H,2,4-5,9,12-13,16-17,19H2,1H3,(H,28,31)/t20-/m1/s1. The summed E-state index contributed by atoms with van der Waals surface area (Å²) in [5.74, 6) is 0.636. The van der Waals surface area contributed by atoms with Crippen molar-refractivity contribution in [3.05, 3.63) is 65.2 Å². The Balaban J connectivity index is 1.60. The molecule has 1 atom stereocenters. The zero-order chi connectivity index (χ0) is 22.8. The maximum atomic E-state index is 13.1. The third-order valence-corrected chi connectivity index (χ3v) is 6.14. The molecule has 0 heterocycles. The summed E-state index contributed by atoms with van der Waals surface area (Å²) < 4.78 is 5.71. The normalized spacial score (nSPS) is 15.1. The molecule has 0 spiro atoms. The van der Waals surface area contributed by atoms with Gasteiger partial charge in [-0.15, -0.1) is 0 Å². The first kappa shape index (κ1) is 24.1. The first-order valence-corrected chi connectivity index (χ1v) is 11.9. The Kier molecular flexibility index (Phi) is 9.42. The molecule has 0 radical (unpaired) electrons. The smallest absolute Gasteiger partial charge is 0.242 e. The number of halogens is 1. The first-order valence-electron chi connectivity index (χ1n) is 11.5. The van der Waals surface area contributed by atoms with E-state index in [2.05, 4.69) is 5.32 Å². The Hall–Kier alpha value is -2.53. The minimum Gasteiger partial charge on any atom is -0.494 e. The fourth-order valence-electron chi connectivity index (χ4n) is 4.06. The third kappa shape index (κ3) is 7.56. The van der Waals surface area contributed by atoms with E-state index in [1.54, 1.807) is 17.9 Å². The molecule has 1 aliphatic carbocycles. The van der Waals surface area contributed by atoms with Crippen molar-refractivity contribution in [3.63, 3.8) is 0 Å². The number of carbonyl (C=O) groups excluding carboxylic acids is 2. The number of hydrogen-bond acceptors (Lipinski definition) is 3. The third-order valence-electron chi connectivity index (χ3n) is 5.91. The van der Waals surface area contributed by atoms with Crippen LogP contribution in [0.4, 0.5) is 0 Å². The van der Waals surface area contributed by atoms with E-state index in [0.717, 1.165) is 37.0 Å². The van der Waals surface area contributed by atoms with Crippen LogP contribution < -0.4 is 10.1 Å². The highest BCUT2D eigenvalue weighted by molar-refractivity contribution is 6.30. The van der Waals surface area contributed by atoms with Crippen molar-refractivity contribution in [1.82, 2.24) is 10.2 Å². The lowest BCUT2D eigenvalue weighted by Crippen LogP contribution is -2.50. The van der Waals surface area contributed by atoms with Crippen molar-refractivity contribution in [3.8, 4) is 5.75 Å². The van der Waals surface area contributed by atoms with E-state index < -0.39 is 6.04 Å². The number of para-hydroxylation sites is 1. The second-order valence-electron chi connectivity index (χ2n) is 8.44. The highest BCUT2D eigenvalue weighted by Gasteiger charge is 2.27. The number of rotatable bonds is 10. The molecule has 0 saturated heterocycles. The summed E-state index contributed by atoms with van der Waals surface area (Å²) in [6.07, 6.45) is 6.43. The Morgan fingerprint density at radius 2 is 1.84 bits per heavy atom. The maximum absolute atomic E-state index is 13.1. The van der Waals surface area contributed by atoms with Crippen LogP contribution in [0, 0.1) is 0 Å². The molecule has 2 aromatic rings. The van der Waals surface area contributed by atoms with Gasteiger partial charge in [-0.25, -0.2) is 0 Å². The lowest BCUT2D eigenvalue weighted by molar-refractivity contribution is -0.141. The number of amides is 2. The van der Waals surface area contributed by atoms with Gasteiger partial charge in [-0.05, 0) is 56.0 Å². The second kappa shape index (κ2) is 12.5. The zero-order valence-corrected chi connectivity index (χ0v) is 19.5. The Bertz CT molecular complexity index is 868. The molecule has 3 rings (SSSR count). The Morgan fingerprint density at radius 1 is 1.09 bits per heavy atom. The van der Waals surface area contributed by atoms with Crippen LogP contribution in [0.2, 0.25) is 5.02 Å². The van der Waals surface area contributed by atoms with Crippen LogP contribution in [0.15, 0.2) is 54.6 Å². The van der Waals surface area contributed by atoms with E-state index in [1.807, 2.05) is 48.5 Å². The van der Waals surface area contributed by atoms with Crippen molar-refractivity contribution in [2.24, 2.45) is 0 Å². The molecule has 1 saturated carbocycles. The fraction of sp³-hybridized carbons (Fsp3) is 0.462. The van der Waals surface area contributed by atoms with E-state index >= 15 is 0 Å². The van der Waals surface area contributed by atoms with E-state index in [4.69, 9.17) is 16.3 Å². The van der Waals surface area contributed by atoms with Crippen LogP contribution in [0.5, 0.6) is 5.75 Å². The predicted molar refractivity (Wildman–Crippen MR) is 128 cm³/mol. The Morgan fingerprint density at radius 3 is 2.56 bits per heavy atom. The van der Waals surface area contributed by atoms with Gasteiger partial charge in [0.05, 0.1) is 6.61 Å². The zero-order valence-electron chi connectivity index (χ0n) is 18.8. The first-order chi connectivity index (χ1) is 15.5. The molecule has 2 aromatic carbocycles. The summed E-state index contributed by atoms with van der Waals surface area (Å²) in [6, 6.07) is 16.6. The van der Waals surface area contributed by atoms with Crippen LogP contribution in [-0.4, -0.2) is 35.4 Å². The molecule has 32 heavy (non-hydrogen) atoms. The Labute approximate surface area is 196 Å². The van der Waals surface area contributed by atoms with E-state index in [1.165, 1.54) is 6.42 Å². The van der Waals surface area contributed by atoms with Gasteiger partial charge in [0.2, 0.25) is 11.8 Å². The van der Waals surface area contributed by atoms with Crippen molar-refractivity contribution >= 4 is 23.4 Å². The van der Waals surface area contributed by atoms with Gasteiger partial charge < -0.3 is 15.0 Å². The number of ether oxygens (including phenoxy) is 1. The average molecular weight is 457 g/mol. The maximum Gasteiger partial charge on any atom is 0.242 e. The lowest BCUT2D eigenvalue weighted by atomic mass is 9.95. The summed E-state index contributed by atoms with van der Waals surface area (Å²) in [5.41, 5.74) is 0.906. The summed E-state index contributed by atoms with van der Waals surface area (Å²) in [7, 11) is 0. The van der Waals surface area contributed by atoms with E-state index in [0.29, 0.717) is 31.0 Å². The number of carbonyl (C=O) groups is 2. The van der Waals surface area contributed by atoms with Crippen LogP contribution in [-0.2, 0) is 16.1 Å². The minimum absolute atomic E-state index is 0.0621. The van der Waals surface area contributed by atoms with Gasteiger partial charge in [0, 0.05) is 24.0 Å². The summed E-state index contributed by atoms with van der Waals surface area (Å²) >= 11 is 6.14. The highest BCUT2D eigenvalue weighted by Crippen LogP contribution is 2.19. The fourth-order valence-corrected chi connectivity index (χ4v) is 4.27. The average Bonchev–Trinajstić information content (AvgIpc) is 2.81. The molecule has 1 N–H and O–H groups in total. The number of nitrogens with one attached hydrogen (secondary N) is 1. The van der Waals surface area contributed by atoms with Crippen molar-refractivity contribution < 1.29 is 14.3 Å². The number of nitrogens with zero attached hydrogens (tertiary/aromatic N) is 1. The molecule has 0 aliphatic heterocycles. The molecule has 172 valence electrons. The molecule has 1 aliphatic rings. The molecular formula is C26H33ClN2O3. The number of hydrogen-bond donors (Lipinski definition) is 1. The van der Waals surface area contributed by atoms with Gasteiger partial charge in [0.15, 0.2) is 0 Å². The largest absolute Gasteiger partial charge is 0.494 e. The molecule has 0 bridgehead atoms. The molecular weight excluding hydrogens is 424 g/mol.